The van der Waals surface area contributed by atoms with Crippen LogP contribution in [0.1, 0.15) is 174 Å². The first-order valence-electron chi connectivity index (χ1n) is 23.5. The van der Waals surface area contributed by atoms with Gasteiger partial charge in [-0.3, -0.25) is 13.8 Å². The number of hydrogen-bond acceptors (Lipinski definition) is 9. The van der Waals surface area contributed by atoms with Gasteiger partial charge in [0.1, 0.15) is 25.4 Å². The third kappa shape index (κ3) is 26.9. The van der Waals surface area contributed by atoms with Gasteiger partial charge in [-0.15, -0.1) is 0 Å². The number of ether oxygens (including phenoxy) is 2. The Morgan fingerprint density at radius 2 is 1.34 bits per heavy atom. The normalized spacial score (nSPS) is 21.6. The summed E-state index contributed by atoms with van der Waals surface area (Å²) in [5, 5.41) is 10.4. The van der Waals surface area contributed by atoms with Crippen LogP contribution in [0, 0.1) is 11.8 Å². The SMILES string of the molecule is CCCCCCCCCCCCCCCCCCOCC(COP(=O)(O)OCC[N+](C)(C)C)OC(=O)CCC/C=C\CC1C2CC(OO2)C1/C=C/C(O)CCCCC. The molecule has 12 heteroatoms. The van der Waals surface area contributed by atoms with E-state index in [0.29, 0.717) is 30.5 Å². The van der Waals surface area contributed by atoms with Gasteiger partial charge in [0.2, 0.25) is 0 Å². The fourth-order valence-corrected chi connectivity index (χ4v) is 8.42. The van der Waals surface area contributed by atoms with Crippen molar-refractivity contribution in [1.29, 1.82) is 0 Å². The topological polar surface area (TPSA) is 130 Å². The molecule has 7 unspecified atom stereocenters. The summed E-state index contributed by atoms with van der Waals surface area (Å²) in [6, 6.07) is 0. The van der Waals surface area contributed by atoms with Gasteiger partial charge in [-0.1, -0.05) is 154 Å². The number of likely N-dealkylation sites (N-methyl/N-ethyl adjacent to an activating group) is 1. The van der Waals surface area contributed by atoms with E-state index < -0.39 is 26.0 Å². The fraction of sp³-hybridized carbons (Fsp3) is 0.891. The van der Waals surface area contributed by atoms with Crippen LogP contribution in [0.4, 0.5) is 0 Å². The number of rotatable bonds is 39. The van der Waals surface area contributed by atoms with Crippen LogP contribution in [0.2, 0.25) is 0 Å². The Kier molecular flexibility index (Phi) is 29.7. The predicted octanol–water partition coefficient (Wildman–Crippen LogP) is 11.0. The van der Waals surface area contributed by atoms with Gasteiger partial charge < -0.3 is 24.0 Å². The van der Waals surface area contributed by atoms with Crippen LogP contribution in [0.25, 0.3) is 0 Å². The molecule has 1 aliphatic heterocycles. The molecule has 2 fully saturated rings. The minimum absolute atomic E-state index is 0.0288. The summed E-state index contributed by atoms with van der Waals surface area (Å²) in [6.07, 6.45) is 35.3. The number of aliphatic hydroxyl groups is 1. The number of allylic oxidation sites excluding steroid dienone is 2. The summed E-state index contributed by atoms with van der Waals surface area (Å²) in [5.74, 6) is 0.105. The molecule has 0 aromatic rings. The maximum Gasteiger partial charge on any atom is 0.472 e. The third-order valence-electron chi connectivity index (χ3n) is 11.3. The number of unbranched alkanes of at least 4 members (excludes halogenated alkanes) is 18. The van der Waals surface area contributed by atoms with E-state index in [1.54, 1.807) is 0 Å². The Morgan fingerprint density at radius 3 is 1.97 bits per heavy atom. The highest BCUT2D eigenvalue weighted by Crippen LogP contribution is 2.45. The van der Waals surface area contributed by atoms with Crippen LogP contribution in [-0.4, -0.2) is 99.0 Å². The van der Waals surface area contributed by atoms with Crippen LogP contribution >= 0.6 is 7.82 Å². The summed E-state index contributed by atoms with van der Waals surface area (Å²) in [5.41, 5.74) is 0. The minimum atomic E-state index is -4.32. The van der Waals surface area contributed by atoms with Gasteiger partial charge in [-0.05, 0) is 32.1 Å². The highest BCUT2D eigenvalue weighted by molar-refractivity contribution is 7.47. The molecule has 1 heterocycles. The number of aliphatic hydroxyl groups excluding tert-OH is 1. The number of carbonyl (C=O) groups excluding carboxylic acids is 1. The molecule has 58 heavy (non-hydrogen) atoms. The first-order chi connectivity index (χ1) is 27.9. The second kappa shape index (κ2) is 32.6. The number of fused-ring (bicyclic) bond motifs is 2. The Bertz CT molecular complexity index is 1130. The van der Waals surface area contributed by atoms with E-state index in [0.717, 1.165) is 51.4 Å². The number of carbonyl (C=O) groups is 1. The molecule has 340 valence electrons. The van der Waals surface area contributed by atoms with Crippen molar-refractivity contribution in [2.75, 3.05) is 54.1 Å². The number of hydrogen-bond donors (Lipinski definition) is 2. The van der Waals surface area contributed by atoms with Crippen LogP contribution < -0.4 is 0 Å². The molecule has 2 bridgehead atoms. The van der Waals surface area contributed by atoms with Crippen LogP contribution in [0.5, 0.6) is 0 Å². The average Bonchev–Trinajstić information content (AvgIpc) is 3.78. The lowest BCUT2D eigenvalue weighted by atomic mass is 9.89. The number of nitrogens with zero attached hydrogens (tertiary/aromatic N) is 1. The Balaban J connectivity index is 1.67. The van der Waals surface area contributed by atoms with E-state index in [2.05, 4.69) is 32.1 Å². The van der Waals surface area contributed by atoms with Crippen molar-refractivity contribution in [3.63, 3.8) is 0 Å². The van der Waals surface area contributed by atoms with Crippen LogP contribution in [-0.2, 0) is 37.7 Å². The second-order valence-electron chi connectivity index (χ2n) is 17.9. The van der Waals surface area contributed by atoms with E-state index in [-0.39, 0.29) is 50.3 Å². The van der Waals surface area contributed by atoms with E-state index in [4.69, 9.17) is 28.3 Å². The van der Waals surface area contributed by atoms with Crippen LogP contribution in [0.3, 0.4) is 0 Å². The average molecular weight is 845 g/mol. The van der Waals surface area contributed by atoms with E-state index in [9.17, 15) is 19.4 Å². The summed E-state index contributed by atoms with van der Waals surface area (Å²) in [6.45, 7) is 5.36. The molecular weight excluding hydrogens is 757 g/mol. The molecule has 11 nitrogen and oxygen atoms in total. The second-order valence-corrected chi connectivity index (χ2v) is 19.3. The zero-order chi connectivity index (χ0) is 42.3. The van der Waals surface area contributed by atoms with E-state index in [1.165, 1.54) is 89.9 Å². The molecule has 1 aliphatic carbocycles. The van der Waals surface area contributed by atoms with Crippen molar-refractivity contribution >= 4 is 13.8 Å². The Morgan fingerprint density at radius 1 is 0.759 bits per heavy atom. The molecular formula is C46H87NO10P+. The quantitative estimate of drug-likeness (QED) is 0.0154. The molecule has 2 N–H and O–H groups in total. The molecule has 0 spiro atoms. The standard InChI is InChI=1S/C46H86NO10P/c1-6-8-10-11-12-13-14-15-16-17-18-19-20-21-24-28-35-52-38-41(39-54-58(50,51)53-36-34-47(3,4)5)55-46(49)31-27-23-22-26-30-42-43(45-37-44(42)56-57-45)33-32-40(48)29-25-9-7-2/h22,26,32-33,40-45,48H,6-21,23-25,27-31,34-39H2,1-5H3/p+1/b26-22-,33-32+. The third-order valence-corrected chi connectivity index (χ3v) is 12.3. The molecule has 0 aromatic heterocycles. The Labute approximate surface area is 354 Å². The number of quaternary nitrogens is 1. The van der Waals surface area contributed by atoms with Crippen molar-refractivity contribution in [3.8, 4) is 0 Å². The van der Waals surface area contributed by atoms with Gasteiger partial charge >= 0.3 is 13.8 Å². The monoisotopic (exact) mass is 845 g/mol. The summed E-state index contributed by atoms with van der Waals surface area (Å²) in [4.78, 5) is 34.2. The van der Waals surface area contributed by atoms with E-state index >= 15 is 0 Å². The van der Waals surface area contributed by atoms with Gasteiger partial charge in [0.05, 0.1) is 46.6 Å². The molecule has 7 atom stereocenters. The maximum atomic E-state index is 12.9. The molecule has 0 aromatic carbocycles. The lowest BCUT2D eigenvalue weighted by molar-refractivity contribution is -0.870. The Hall–Kier alpha value is -1.14. The first kappa shape index (κ1) is 53.0. The largest absolute Gasteiger partial charge is 0.472 e. The van der Waals surface area contributed by atoms with Crippen molar-refractivity contribution in [2.45, 2.75) is 199 Å². The highest BCUT2D eigenvalue weighted by atomic mass is 31.2. The van der Waals surface area contributed by atoms with Gasteiger partial charge in [-0.25, -0.2) is 14.3 Å². The predicted molar refractivity (Wildman–Crippen MR) is 233 cm³/mol. The summed E-state index contributed by atoms with van der Waals surface area (Å²) in [7, 11) is 1.58. The summed E-state index contributed by atoms with van der Waals surface area (Å²) >= 11 is 0. The molecule has 0 radical (unpaired) electrons. The van der Waals surface area contributed by atoms with Crippen molar-refractivity contribution in [2.24, 2.45) is 11.8 Å². The molecule has 2 aliphatic rings. The van der Waals surface area contributed by atoms with Crippen LogP contribution in [0.15, 0.2) is 24.3 Å². The van der Waals surface area contributed by atoms with E-state index in [1.807, 2.05) is 27.2 Å². The maximum absolute atomic E-state index is 12.9. The van der Waals surface area contributed by atoms with Gasteiger partial charge in [0.15, 0.2) is 0 Å². The fourth-order valence-electron chi connectivity index (χ4n) is 7.68. The van der Waals surface area contributed by atoms with Crippen molar-refractivity contribution in [1.82, 2.24) is 0 Å². The van der Waals surface area contributed by atoms with Crippen molar-refractivity contribution in [3.05, 3.63) is 24.3 Å². The minimum Gasteiger partial charge on any atom is -0.457 e. The zero-order valence-corrected chi connectivity index (χ0v) is 38.4. The number of esters is 1. The zero-order valence-electron chi connectivity index (χ0n) is 37.5. The molecule has 0 amide bonds. The number of phosphoric ester groups is 1. The lowest BCUT2D eigenvalue weighted by Gasteiger charge is -2.27. The van der Waals surface area contributed by atoms with Gasteiger partial charge in [0, 0.05) is 31.3 Å². The highest BCUT2D eigenvalue weighted by Gasteiger charge is 2.49. The molecule has 1 saturated heterocycles. The number of phosphoric acid groups is 1. The molecule has 1 saturated carbocycles. The lowest BCUT2D eigenvalue weighted by Crippen LogP contribution is -2.37. The van der Waals surface area contributed by atoms with Crippen molar-refractivity contribution < 1.29 is 52.1 Å². The first-order valence-corrected chi connectivity index (χ1v) is 25.0. The van der Waals surface area contributed by atoms with Gasteiger partial charge in [-0.2, -0.15) is 0 Å². The smallest absolute Gasteiger partial charge is 0.457 e. The summed E-state index contributed by atoms with van der Waals surface area (Å²) < 4.78 is 35.1. The molecule has 2 rings (SSSR count). The van der Waals surface area contributed by atoms with Gasteiger partial charge in [0.25, 0.3) is 0 Å².